The Labute approximate surface area is 153 Å². The Morgan fingerprint density at radius 3 is 2.85 bits per heavy atom. The van der Waals surface area contributed by atoms with Crippen molar-refractivity contribution in [3.8, 4) is 0 Å². The maximum Gasteiger partial charge on any atom is 0.321 e. The second kappa shape index (κ2) is 8.49. The largest absolute Gasteiger partial charge is 0.338 e. The van der Waals surface area contributed by atoms with Crippen molar-refractivity contribution < 1.29 is 9.59 Å². The Balaban J connectivity index is 1.72. The van der Waals surface area contributed by atoms with Crippen LogP contribution in [0.5, 0.6) is 0 Å². The molecule has 6 nitrogen and oxygen atoms in total. The van der Waals surface area contributed by atoms with Gasteiger partial charge in [0.1, 0.15) is 0 Å². The molecule has 0 unspecified atom stereocenters. The average Bonchev–Trinajstić information content (AvgIpc) is 2.67. The molecule has 136 valence electrons. The Hall–Kier alpha value is -2.86. The van der Waals surface area contributed by atoms with Crippen molar-refractivity contribution in [1.29, 1.82) is 0 Å². The lowest BCUT2D eigenvalue weighted by atomic mass is 10.1. The van der Waals surface area contributed by atoms with Crippen molar-refractivity contribution in [3.05, 3.63) is 59.7 Å². The van der Waals surface area contributed by atoms with Gasteiger partial charge in [-0.2, -0.15) is 0 Å². The molecule has 0 spiro atoms. The quantitative estimate of drug-likeness (QED) is 0.748. The molecule has 26 heavy (non-hydrogen) atoms. The van der Waals surface area contributed by atoms with E-state index in [1.165, 1.54) is 0 Å². The summed E-state index contributed by atoms with van der Waals surface area (Å²) in [7, 11) is 0. The van der Waals surface area contributed by atoms with Crippen LogP contribution in [0, 0.1) is 0 Å². The summed E-state index contributed by atoms with van der Waals surface area (Å²) < 4.78 is 0. The Bertz CT molecular complexity index is 791. The summed E-state index contributed by atoms with van der Waals surface area (Å²) in [5, 5.41) is 9.02. The Morgan fingerprint density at radius 1 is 1.19 bits per heavy atom. The summed E-state index contributed by atoms with van der Waals surface area (Å²) >= 11 is 0. The van der Waals surface area contributed by atoms with Crippen LogP contribution in [0.1, 0.15) is 29.3 Å². The van der Waals surface area contributed by atoms with Crippen molar-refractivity contribution >= 4 is 23.3 Å². The van der Waals surface area contributed by atoms with Crippen LogP contribution in [-0.2, 0) is 6.54 Å². The number of nitrogens with one attached hydrogen (secondary N) is 3. The van der Waals surface area contributed by atoms with E-state index >= 15 is 0 Å². The van der Waals surface area contributed by atoms with Gasteiger partial charge in [-0.1, -0.05) is 25.1 Å². The molecule has 2 aromatic carbocycles. The topological polar surface area (TPSA) is 73.5 Å². The third kappa shape index (κ3) is 4.40. The molecule has 1 aliphatic rings. The first kappa shape index (κ1) is 17.9. The van der Waals surface area contributed by atoms with Crippen LogP contribution in [0.25, 0.3) is 0 Å². The highest BCUT2D eigenvalue weighted by Crippen LogP contribution is 2.20. The fourth-order valence-corrected chi connectivity index (χ4v) is 2.92. The molecule has 1 fully saturated rings. The normalized spacial score (nSPS) is 14.0. The SMILES string of the molecule is CCNCc1cccc(NC(=O)c2cccc(N3CCCNC3=O)c2)c1. The molecule has 0 aromatic heterocycles. The van der Waals surface area contributed by atoms with Crippen molar-refractivity contribution in [3.63, 3.8) is 0 Å². The first-order valence-electron chi connectivity index (χ1n) is 8.94. The van der Waals surface area contributed by atoms with Gasteiger partial charge in [-0.3, -0.25) is 9.69 Å². The van der Waals surface area contributed by atoms with E-state index in [0.717, 1.165) is 36.4 Å². The van der Waals surface area contributed by atoms with Gasteiger partial charge in [0.15, 0.2) is 0 Å². The van der Waals surface area contributed by atoms with Crippen LogP contribution in [0.4, 0.5) is 16.2 Å². The first-order valence-corrected chi connectivity index (χ1v) is 8.94. The number of hydrogen-bond donors (Lipinski definition) is 3. The summed E-state index contributed by atoms with van der Waals surface area (Å²) in [4.78, 5) is 26.3. The summed E-state index contributed by atoms with van der Waals surface area (Å²) in [6, 6.07) is 14.8. The van der Waals surface area contributed by atoms with Crippen LogP contribution in [0.15, 0.2) is 48.5 Å². The molecule has 0 saturated carbocycles. The van der Waals surface area contributed by atoms with E-state index < -0.39 is 0 Å². The summed E-state index contributed by atoms with van der Waals surface area (Å²) in [5.41, 5.74) is 3.13. The molecule has 0 radical (unpaired) electrons. The predicted octanol–water partition coefficient (Wildman–Crippen LogP) is 2.97. The minimum Gasteiger partial charge on any atom is -0.338 e. The van der Waals surface area contributed by atoms with E-state index in [4.69, 9.17) is 0 Å². The highest BCUT2D eigenvalue weighted by atomic mass is 16.2. The standard InChI is InChI=1S/C20H24N4O2/c1-2-21-14-15-6-3-8-17(12-15)23-19(25)16-7-4-9-18(13-16)24-11-5-10-22-20(24)26/h3-4,6-9,12-13,21H,2,5,10-11,14H2,1H3,(H,22,26)(H,23,25). The van der Waals surface area contributed by atoms with E-state index in [0.29, 0.717) is 18.7 Å². The number of urea groups is 1. The van der Waals surface area contributed by atoms with Crippen LogP contribution in [0.2, 0.25) is 0 Å². The maximum atomic E-state index is 12.6. The van der Waals surface area contributed by atoms with E-state index in [2.05, 4.69) is 22.9 Å². The molecule has 3 rings (SSSR count). The third-order valence-corrected chi connectivity index (χ3v) is 4.26. The zero-order chi connectivity index (χ0) is 18.4. The van der Waals surface area contributed by atoms with Gasteiger partial charge in [-0.15, -0.1) is 0 Å². The molecule has 1 saturated heterocycles. The number of nitrogens with zero attached hydrogens (tertiary/aromatic N) is 1. The number of benzene rings is 2. The Morgan fingerprint density at radius 2 is 2.04 bits per heavy atom. The lowest BCUT2D eigenvalue weighted by Gasteiger charge is -2.27. The molecule has 3 amide bonds. The Kier molecular flexibility index (Phi) is 5.86. The summed E-state index contributed by atoms with van der Waals surface area (Å²) in [6.07, 6.45) is 0.890. The van der Waals surface area contributed by atoms with Gasteiger partial charge in [-0.25, -0.2) is 4.79 Å². The predicted molar refractivity (Wildman–Crippen MR) is 104 cm³/mol. The zero-order valence-electron chi connectivity index (χ0n) is 14.9. The fraction of sp³-hybridized carbons (Fsp3) is 0.300. The summed E-state index contributed by atoms with van der Waals surface area (Å²) in [6.45, 7) is 5.07. The minimum absolute atomic E-state index is 0.120. The van der Waals surface area contributed by atoms with Gasteiger partial charge in [-0.05, 0) is 48.9 Å². The molecule has 1 heterocycles. The van der Waals surface area contributed by atoms with Crippen LogP contribution in [0.3, 0.4) is 0 Å². The highest BCUT2D eigenvalue weighted by Gasteiger charge is 2.20. The van der Waals surface area contributed by atoms with Gasteiger partial charge in [0, 0.05) is 36.6 Å². The van der Waals surface area contributed by atoms with Gasteiger partial charge in [0.25, 0.3) is 5.91 Å². The van der Waals surface area contributed by atoms with E-state index in [1.807, 2.05) is 30.3 Å². The number of amides is 3. The molecule has 0 aliphatic carbocycles. The highest BCUT2D eigenvalue weighted by molar-refractivity contribution is 6.05. The van der Waals surface area contributed by atoms with Crippen LogP contribution >= 0.6 is 0 Å². The third-order valence-electron chi connectivity index (χ3n) is 4.26. The second-order valence-corrected chi connectivity index (χ2v) is 6.22. The van der Waals surface area contributed by atoms with Crippen LogP contribution in [-0.4, -0.2) is 31.6 Å². The molecule has 0 atom stereocenters. The molecular weight excluding hydrogens is 328 g/mol. The molecule has 1 aliphatic heterocycles. The van der Waals surface area contributed by atoms with Gasteiger partial charge in [0.2, 0.25) is 0 Å². The first-order chi connectivity index (χ1) is 12.7. The maximum absolute atomic E-state index is 12.6. The van der Waals surface area contributed by atoms with Gasteiger partial charge in [0.05, 0.1) is 0 Å². The van der Waals surface area contributed by atoms with Gasteiger partial charge < -0.3 is 16.0 Å². The van der Waals surface area contributed by atoms with Gasteiger partial charge >= 0.3 is 6.03 Å². The van der Waals surface area contributed by atoms with Crippen molar-refractivity contribution in [1.82, 2.24) is 10.6 Å². The number of hydrogen-bond acceptors (Lipinski definition) is 3. The second-order valence-electron chi connectivity index (χ2n) is 6.22. The lowest BCUT2D eigenvalue weighted by Crippen LogP contribution is -2.46. The average molecular weight is 352 g/mol. The fourth-order valence-electron chi connectivity index (χ4n) is 2.92. The smallest absolute Gasteiger partial charge is 0.321 e. The van der Waals surface area contributed by atoms with Crippen LogP contribution < -0.4 is 20.9 Å². The molecular formula is C20H24N4O2. The molecule has 6 heteroatoms. The minimum atomic E-state index is -0.190. The number of rotatable bonds is 6. The van der Waals surface area contributed by atoms with E-state index in [-0.39, 0.29) is 11.9 Å². The lowest BCUT2D eigenvalue weighted by molar-refractivity contribution is 0.102. The number of anilines is 2. The van der Waals surface area contributed by atoms with Crippen molar-refractivity contribution in [2.24, 2.45) is 0 Å². The summed E-state index contributed by atoms with van der Waals surface area (Å²) in [5.74, 6) is -0.190. The monoisotopic (exact) mass is 352 g/mol. The molecule has 2 aromatic rings. The number of carbonyl (C=O) groups is 2. The molecule has 0 bridgehead atoms. The molecule has 3 N–H and O–H groups in total. The van der Waals surface area contributed by atoms with Crippen molar-refractivity contribution in [2.75, 3.05) is 29.9 Å². The van der Waals surface area contributed by atoms with E-state index in [9.17, 15) is 9.59 Å². The zero-order valence-corrected chi connectivity index (χ0v) is 14.9. The number of carbonyl (C=O) groups excluding carboxylic acids is 2. The van der Waals surface area contributed by atoms with E-state index in [1.54, 1.807) is 23.1 Å². The van der Waals surface area contributed by atoms with Crippen molar-refractivity contribution in [2.45, 2.75) is 19.9 Å².